The van der Waals surface area contributed by atoms with Crippen molar-refractivity contribution in [2.75, 3.05) is 30.9 Å². The Hall–Kier alpha value is -0.0800. The van der Waals surface area contributed by atoms with Crippen molar-refractivity contribution >= 4 is 32.9 Å². The van der Waals surface area contributed by atoms with Crippen LogP contribution in [0.4, 0.5) is 0 Å². The van der Waals surface area contributed by atoms with Crippen LogP contribution in [0, 0.1) is 0 Å². The predicted molar refractivity (Wildman–Crippen MR) is 78.8 cm³/mol. The molecule has 0 radical (unpaired) electrons. The maximum atomic E-state index is 11.9. The number of nitrogens with zero attached hydrogens (tertiary/aromatic N) is 1. The highest BCUT2D eigenvalue weighted by atomic mass is 32.2. The fourth-order valence-corrected chi connectivity index (χ4v) is 6.00. The molecule has 18 heavy (non-hydrogen) atoms. The molecule has 2 atom stereocenters. The highest BCUT2D eigenvalue weighted by Gasteiger charge is 2.35. The Morgan fingerprint density at radius 3 is 2.94 bits per heavy atom. The van der Waals surface area contributed by atoms with Gasteiger partial charge in [-0.3, -0.25) is 4.90 Å². The van der Waals surface area contributed by atoms with Crippen LogP contribution in [0.25, 0.3) is 0 Å². The Morgan fingerprint density at radius 2 is 2.39 bits per heavy atom. The fourth-order valence-electron chi connectivity index (χ4n) is 2.22. The fraction of sp³-hybridized carbons (Fsp3) is 0.636. The van der Waals surface area contributed by atoms with Gasteiger partial charge in [-0.2, -0.15) is 11.8 Å². The van der Waals surface area contributed by atoms with E-state index in [2.05, 4.69) is 4.90 Å². The van der Waals surface area contributed by atoms with Gasteiger partial charge in [-0.15, -0.1) is 11.3 Å². The molecule has 1 aromatic rings. The van der Waals surface area contributed by atoms with Crippen molar-refractivity contribution < 1.29 is 8.42 Å². The van der Waals surface area contributed by atoms with Crippen LogP contribution in [-0.4, -0.2) is 49.5 Å². The predicted octanol–water partition coefficient (Wildman–Crippen LogP) is 1.17. The summed E-state index contributed by atoms with van der Waals surface area (Å²) in [5.41, 5.74) is 5.86. The SMILES string of the molecule is CS(=O)(=O)C1CSCCN1C(CN)c1cccs1. The standard InChI is InChI=1S/C11H18N2O2S3/c1-18(14,15)11-8-16-6-4-13(11)9(7-12)10-3-2-5-17-10/h2-3,5,9,11H,4,6-8,12H2,1H3. The van der Waals surface area contributed by atoms with Gasteiger partial charge in [0.15, 0.2) is 9.84 Å². The largest absolute Gasteiger partial charge is 0.329 e. The van der Waals surface area contributed by atoms with Crippen LogP contribution in [0.5, 0.6) is 0 Å². The van der Waals surface area contributed by atoms with Crippen LogP contribution >= 0.6 is 23.1 Å². The maximum Gasteiger partial charge on any atom is 0.164 e. The molecule has 0 aliphatic carbocycles. The van der Waals surface area contributed by atoms with Gasteiger partial charge in [-0.05, 0) is 11.4 Å². The maximum absolute atomic E-state index is 11.9. The summed E-state index contributed by atoms with van der Waals surface area (Å²) in [6, 6.07) is 4.03. The van der Waals surface area contributed by atoms with Gasteiger partial charge in [0.25, 0.3) is 0 Å². The number of thiophene rings is 1. The highest BCUT2D eigenvalue weighted by molar-refractivity contribution is 8.00. The van der Waals surface area contributed by atoms with Crippen molar-refractivity contribution in [3.63, 3.8) is 0 Å². The summed E-state index contributed by atoms with van der Waals surface area (Å²) < 4.78 is 23.8. The van der Waals surface area contributed by atoms with E-state index in [0.29, 0.717) is 12.3 Å². The Kier molecular flexibility index (Phi) is 4.71. The first-order valence-corrected chi connectivity index (χ1v) is 9.78. The van der Waals surface area contributed by atoms with E-state index >= 15 is 0 Å². The van der Waals surface area contributed by atoms with E-state index < -0.39 is 15.2 Å². The molecular formula is C11H18N2O2S3. The van der Waals surface area contributed by atoms with Crippen molar-refractivity contribution in [3.05, 3.63) is 22.4 Å². The molecule has 1 fully saturated rings. The van der Waals surface area contributed by atoms with Crippen LogP contribution in [0.15, 0.2) is 17.5 Å². The number of thioether (sulfide) groups is 1. The van der Waals surface area contributed by atoms with Gasteiger partial charge in [0.05, 0.1) is 6.04 Å². The summed E-state index contributed by atoms with van der Waals surface area (Å²) in [7, 11) is -3.07. The third-order valence-corrected chi connectivity index (χ3v) is 6.75. The minimum absolute atomic E-state index is 0.0191. The van der Waals surface area contributed by atoms with E-state index in [0.717, 1.165) is 17.2 Å². The van der Waals surface area contributed by atoms with Crippen LogP contribution in [-0.2, 0) is 9.84 Å². The zero-order chi connectivity index (χ0) is 13.2. The van der Waals surface area contributed by atoms with Gasteiger partial charge < -0.3 is 5.73 Å². The van der Waals surface area contributed by atoms with E-state index in [9.17, 15) is 8.42 Å². The molecule has 2 N–H and O–H groups in total. The number of hydrogen-bond donors (Lipinski definition) is 1. The van der Waals surface area contributed by atoms with E-state index in [1.165, 1.54) is 6.26 Å². The van der Waals surface area contributed by atoms with Crippen molar-refractivity contribution in [3.8, 4) is 0 Å². The topological polar surface area (TPSA) is 63.4 Å². The summed E-state index contributed by atoms with van der Waals surface area (Å²) in [4.78, 5) is 3.20. The Balaban J connectivity index is 2.27. The van der Waals surface area contributed by atoms with Gasteiger partial charge in [-0.1, -0.05) is 6.07 Å². The van der Waals surface area contributed by atoms with Crippen LogP contribution < -0.4 is 5.73 Å². The first-order valence-electron chi connectivity index (χ1n) is 5.80. The van der Waals surface area contributed by atoms with Crippen LogP contribution in [0.2, 0.25) is 0 Å². The summed E-state index contributed by atoms with van der Waals surface area (Å²) in [5, 5.41) is 1.60. The molecule has 0 amide bonds. The second-order valence-corrected chi connectivity index (χ2v) is 8.70. The third-order valence-electron chi connectivity index (χ3n) is 3.11. The van der Waals surface area contributed by atoms with Crippen LogP contribution in [0.3, 0.4) is 0 Å². The van der Waals surface area contributed by atoms with Gasteiger partial charge >= 0.3 is 0 Å². The molecule has 2 rings (SSSR count). The molecule has 1 saturated heterocycles. The second kappa shape index (κ2) is 5.92. The second-order valence-electron chi connectivity index (χ2n) is 4.36. The van der Waals surface area contributed by atoms with E-state index in [4.69, 9.17) is 5.73 Å². The minimum atomic E-state index is -3.07. The molecule has 2 heterocycles. The van der Waals surface area contributed by atoms with Gasteiger partial charge in [0.2, 0.25) is 0 Å². The Morgan fingerprint density at radius 1 is 1.61 bits per heavy atom. The smallest absolute Gasteiger partial charge is 0.164 e. The minimum Gasteiger partial charge on any atom is -0.329 e. The lowest BCUT2D eigenvalue weighted by Crippen LogP contribution is -2.50. The molecule has 0 spiro atoms. The van der Waals surface area contributed by atoms with Gasteiger partial charge in [0, 0.05) is 35.7 Å². The lowest BCUT2D eigenvalue weighted by atomic mass is 10.2. The van der Waals surface area contributed by atoms with Crippen molar-refractivity contribution in [1.29, 1.82) is 0 Å². The molecule has 2 unspecified atom stereocenters. The molecule has 1 aliphatic rings. The molecule has 0 aromatic carbocycles. The average molecular weight is 306 g/mol. The normalized spacial score (nSPS) is 24.0. The average Bonchev–Trinajstić information content (AvgIpc) is 2.83. The van der Waals surface area contributed by atoms with Crippen molar-refractivity contribution in [2.24, 2.45) is 5.73 Å². The van der Waals surface area contributed by atoms with E-state index in [1.54, 1.807) is 23.1 Å². The monoisotopic (exact) mass is 306 g/mol. The molecule has 1 aliphatic heterocycles. The van der Waals surface area contributed by atoms with Crippen molar-refractivity contribution in [1.82, 2.24) is 4.90 Å². The highest BCUT2D eigenvalue weighted by Crippen LogP contribution is 2.31. The molecular weight excluding hydrogens is 288 g/mol. The molecule has 0 bridgehead atoms. The number of nitrogens with two attached hydrogens (primary N) is 1. The lowest BCUT2D eigenvalue weighted by molar-refractivity contribution is 0.200. The summed E-state index contributed by atoms with van der Waals surface area (Å²) in [6.45, 7) is 1.24. The van der Waals surface area contributed by atoms with E-state index in [-0.39, 0.29) is 6.04 Å². The van der Waals surface area contributed by atoms with Gasteiger partial charge in [0.1, 0.15) is 5.37 Å². The molecule has 7 heteroatoms. The number of hydrogen-bond acceptors (Lipinski definition) is 6. The molecule has 4 nitrogen and oxygen atoms in total. The van der Waals surface area contributed by atoms with Gasteiger partial charge in [-0.25, -0.2) is 8.42 Å². The molecule has 102 valence electrons. The zero-order valence-corrected chi connectivity index (χ0v) is 12.7. The lowest BCUT2D eigenvalue weighted by Gasteiger charge is -2.39. The summed E-state index contributed by atoms with van der Waals surface area (Å²) >= 11 is 3.34. The zero-order valence-electron chi connectivity index (χ0n) is 10.3. The Bertz CT molecular complexity index is 472. The number of rotatable bonds is 4. The van der Waals surface area contributed by atoms with E-state index in [1.807, 2.05) is 17.5 Å². The van der Waals surface area contributed by atoms with Crippen LogP contribution in [0.1, 0.15) is 10.9 Å². The molecule has 0 saturated carbocycles. The summed E-state index contributed by atoms with van der Waals surface area (Å²) in [6.07, 6.45) is 1.32. The van der Waals surface area contributed by atoms with Crippen molar-refractivity contribution in [2.45, 2.75) is 11.4 Å². The number of sulfone groups is 1. The Labute approximate surface area is 116 Å². The quantitative estimate of drug-likeness (QED) is 0.904. The molecule has 1 aromatic heterocycles. The summed E-state index contributed by atoms with van der Waals surface area (Å²) in [5.74, 6) is 1.61. The third kappa shape index (κ3) is 3.08. The first-order chi connectivity index (χ1) is 8.54. The first kappa shape index (κ1) is 14.3.